The summed E-state index contributed by atoms with van der Waals surface area (Å²) < 4.78 is 83.2. The SMILES string of the molecule is COc1cc(F)c(-c2nnc(CCC(=O)O)s2)cc1C(=O)NC1C2CCC(C2)C1C(=O)Nc1cccc(S(=O)(=O)C(F)(F)F)c1. The van der Waals surface area contributed by atoms with Gasteiger partial charge in [-0.3, -0.25) is 14.4 Å². The number of carboxylic acids is 1. The number of aliphatic carboxylic acids is 1. The minimum atomic E-state index is -5.64. The van der Waals surface area contributed by atoms with Gasteiger partial charge in [-0.05, 0) is 55.4 Å². The third-order valence-electron chi connectivity index (χ3n) is 8.02. The van der Waals surface area contributed by atoms with Crippen LogP contribution >= 0.6 is 11.3 Å². The molecule has 3 aromatic rings. The lowest BCUT2D eigenvalue weighted by molar-refractivity contribution is -0.137. The van der Waals surface area contributed by atoms with Crippen LogP contribution in [0.2, 0.25) is 0 Å². The third kappa shape index (κ3) is 6.49. The second kappa shape index (κ2) is 12.3. The highest BCUT2D eigenvalue weighted by Gasteiger charge is 2.52. The topological polar surface area (TPSA) is 165 Å². The van der Waals surface area contributed by atoms with Crippen LogP contribution in [-0.4, -0.2) is 60.2 Å². The van der Waals surface area contributed by atoms with Crippen molar-refractivity contribution in [2.75, 3.05) is 12.4 Å². The van der Waals surface area contributed by atoms with Crippen LogP contribution < -0.4 is 15.4 Å². The molecule has 1 heterocycles. The molecule has 2 saturated carbocycles. The van der Waals surface area contributed by atoms with Crippen LogP contribution in [0.15, 0.2) is 41.3 Å². The van der Waals surface area contributed by atoms with E-state index < -0.39 is 55.8 Å². The molecule has 0 radical (unpaired) electrons. The van der Waals surface area contributed by atoms with E-state index in [1.54, 1.807) is 0 Å². The van der Waals surface area contributed by atoms with Crippen molar-refractivity contribution in [1.29, 1.82) is 0 Å². The zero-order valence-electron chi connectivity index (χ0n) is 23.4. The van der Waals surface area contributed by atoms with Crippen LogP contribution in [0.1, 0.15) is 41.0 Å². The molecule has 5 rings (SSSR count). The number of hydrogen-bond acceptors (Lipinski definition) is 9. The second-order valence-corrected chi connectivity index (χ2v) is 13.8. The molecule has 4 atom stereocenters. The van der Waals surface area contributed by atoms with E-state index in [1.807, 2.05) is 0 Å². The Hall–Kier alpha value is -4.12. The average molecular weight is 671 g/mol. The molecule has 2 fully saturated rings. The average Bonchev–Trinajstić information content (AvgIpc) is 3.72. The lowest BCUT2D eigenvalue weighted by Gasteiger charge is -2.31. The first kappa shape index (κ1) is 32.3. The van der Waals surface area contributed by atoms with Gasteiger partial charge in [0.1, 0.15) is 16.6 Å². The van der Waals surface area contributed by atoms with E-state index in [4.69, 9.17) is 9.84 Å². The number of carboxylic acid groups (broad SMARTS) is 1. The zero-order chi connectivity index (χ0) is 32.7. The summed E-state index contributed by atoms with van der Waals surface area (Å²) in [6.07, 6.45) is 1.91. The highest BCUT2D eigenvalue weighted by Crippen LogP contribution is 2.49. The van der Waals surface area contributed by atoms with E-state index in [-0.39, 0.29) is 52.2 Å². The summed E-state index contributed by atoms with van der Waals surface area (Å²) in [4.78, 5) is 36.9. The number of carbonyl (C=O) groups is 3. The first-order valence-corrected chi connectivity index (χ1v) is 15.9. The number of halogens is 4. The van der Waals surface area contributed by atoms with Crippen LogP contribution in [0.3, 0.4) is 0 Å². The summed E-state index contributed by atoms with van der Waals surface area (Å²) in [5.41, 5.74) is -5.78. The van der Waals surface area contributed by atoms with E-state index >= 15 is 4.39 Å². The fourth-order valence-electron chi connectivity index (χ4n) is 5.95. The Bertz CT molecular complexity index is 1760. The number of rotatable bonds is 10. The molecule has 2 aliphatic carbocycles. The largest absolute Gasteiger partial charge is 0.501 e. The number of nitrogens with zero attached hydrogens (tertiary/aromatic N) is 2. The number of aromatic nitrogens is 2. The number of hydrogen-bond donors (Lipinski definition) is 3. The molecular formula is C28H26F4N4O7S2. The van der Waals surface area contributed by atoms with Crippen LogP contribution in [-0.2, 0) is 25.8 Å². The summed E-state index contributed by atoms with van der Waals surface area (Å²) in [6.45, 7) is 0. The van der Waals surface area contributed by atoms with Crippen molar-refractivity contribution in [3.8, 4) is 16.3 Å². The van der Waals surface area contributed by atoms with Crippen molar-refractivity contribution in [3.05, 3.63) is 52.8 Å². The molecule has 240 valence electrons. The molecule has 45 heavy (non-hydrogen) atoms. The van der Waals surface area contributed by atoms with Crippen LogP contribution in [0.4, 0.5) is 23.2 Å². The number of methoxy groups -OCH3 is 1. The first-order chi connectivity index (χ1) is 21.2. The monoisotopic (exact) mass is 670 g/mol. The molecule has 0 aliphatic heterocycles. The normalized spacial score (nSPS) is 21.0. The van der Waals surface area contributed by atoms with Gasteiger partial charge in [0.15, 0.2) is 5.01 Å². The molecule has 3 N–H and O–H groups in total. The number of anilines is 1. The van der Waals surface area contributed by atoms with Crippen molar-refractivity contribution in [3.63, 3.8) is 0 Å². The van der Waals surface area contributed by atoms with E-state index in [0.717, 1.165) is 35.6 Å². The Morgan fingerprint density at radius 1 is 1.11 bits per heavy atom. The predicted molar refractivity (Wildman–Crippen MR) is 152 cm³/mol. The van der Waals surface area contributed by atoms with Gasteiger partial charge in [-0.1, -0.05) is 17.4 Å². The maximum Gasteiger partial charge on any atom is 0.501 e. The second-order valence-electron chi connectivity index (χ2n) is 10.8. The van der Waals surface area contributed by atoms with Gasteiger partial charge in [0, 0.05) is 29.8 Å². The van der Waals surface area contributed by atoms with Crippen molar-refractivity contribution in [2.45, 2.75) is 48.5 Å². The van der Waals surface area contributed by atoms with Crippen LogP contribution in [0.25, 0.3) is 10.6 Å². The minimum Gasteiger partial charge on any atom is -0.496 e. The minimum absolute atomic E-state index is 0.0526. The Morgan fingerprint density at radius 2 is 1.84 bits per heavy atom. The van der Waals surface area contributed by atoms with Gasteiger partial charge in [-0.2, -0.15) is 13.2 Å². The Kier molecular flexibility index (Phi) is 8.86. The molecule has 2 aliphatic rings. The first-order valence-electron chi connectivity index (χ1n) is 13.6. The molecule has 2 amide bonds. The molecule has 0 spiro atoms. The Labute approximate surface area is 257 Å². The van der Waals surface area contributed by atoms with E-state index in [2.05, 4.69) is 20.8 Å². The number of fused-ring (bicyclic) bond motifs is 2. The maximum absolute atomic E-state index is 15.0. The summed E-state index contributed by atoms with van der Waals surface area (Å²) in [5, 5.41) is 22.6. The van der Waals surface area contributed by atoms with Gasteiger partial charge < -0.3 is 20.5 Å². The highest BCUT2D eigenvalue weighted by atomic mass is 32.2. The standard InChI is InChI=1S/C28H26F4N4O7S2/c1-43-20-12-19(29)17(27-36-35-21(44-27)7-8-22(37)38)11-18(20)25(39)34-24-14-6-5-13(9-14)23(24)26(40)33-15-3-2-4-16(10-15)45(41,42)28(30,31)32/h2-4,10-14,23-24H,5-9H2,1H3,(H,33,40)(H,34,39)(H,37,38). The van der Waals surface area contributed by atoms with Gasteiger partial charge in [-0.15, -0.1) is 10.2 Å². The third-order valence-corrected chi connectivity index (χ3v) is 10.5. The predicted octanol–water partition coefficient (Wildman–Crippen LogP) is 4.45. The number of benzene rings is 2. The van der Waals surface area contributed by atoms with E-state index in [9.17, 15) is 36.0 Å². The van der Waals surface area contributed by atoms with Crippen LogP contribution in [0.5, 0.6) is 5.75 Å². The summed E-state index contributed by atoms with van der Waals surface area (Å²) in [6, 6.07) is 5.42. The van der Waals surface area contributed by atoms with Crippen molar-refractivity contribution in [2.24, 2.45) is 17.8 Å². The lowest BCUT2D eigenvalue weighted by atomic mass is 9.83. The molecule has 4 unspecified atom stereocenters. The molecular weight excluding hydrogens is 644 g/mol. The number of amides is 2. The fourth-order valence-corrected chi connectivity index (χ4v) is 7.61. The molecule has 0 saturated heterocycles. The Morgan fingerprint density at radius 3 is 2.53 bits per heavy atom. The van der Waals surface area contributed by atoms with Crippen molar-refractivity contribution < 1.29 is 50.2 Å². The van der Waals surface area contributed by atoms with Gasteiger partial charge >= 0.3 is 11.5 Å². The van der Waals surface area contributed by atoms with Crippen LogP contribution in [0, 0.1) is 23.6 Å². The van der Waals surface area contributed by atoms with Gasteiger partial charge in [-0.25, -0.2) is 12.8 Å². The number of ether oxygens (including phenoxy) is 1. The summed E-state index contributed by atoms with van der Waals surface area (Å²) in [7, 11) is -4.39. The fraction of sp³-hybridized carbons (Fsp3) is 0.393. The number of carbonyl (C=O) groups excluding carboxylic acids is 2. The molecule has 11 nitrogen and oxygen atoms in total. The number of sulfone groups is 1. The number of aryl methyl sites for hydroxylation is 1. The van der Waals surface area contributed by atoms with E-state index in [1.165, 1.54) is 19.2 Å². The van der Waals surface area contributed by atoms with Crippen molar-refractivity contribution >= 4 is 44.6 Å². The summed E-state index contributed by atoms with van der Waals surface area (Å²) in [5.74, 6) is -4.14. The highest BCUT2D eigenvalue weighted by molar-refractivity contribution is 7.92. The maximum atomic E-state index is 15.0. The molecule has 2 bridgehead atoms. The summed E-state index contributed by atoms with van der Waals surface area (Å²) >= 11 is 0.977. The number of nitrogens with one attached hydrogen (secondary N) is 2. The smallest absolute Gasteiger partial charge is 0.496 e. The van der Waals surface area contributed by atoms with Gasteiger partial charge in [0.05, 0.1) is 29.9 Å². The number of alkyl halides is 3. The Balaban J connectivity index is 1.37. The lowest BCUT2D eigenvalue weighted by Crippen LogP contribution is -2.48. The molecule has 17 heteroatoms. The van der Waals surface area contributed by atoms with Gasteiger partial charge in [0.25, 0.3) is 15.7 Å². The zero-order valence-corrected chi connectivity index (χ0v) is 25.1. The molecule has 1 aromatic heterocycles. The van der Waals surface area contributed by atoms with E-state index in [0.29, 0.717) is 24.3 Å². The van der Waals surface area contributed by atoms with Crippen molar-refractivity contribution in [1.82, 2.24) is 15.5 Å². The quantitative estimate of drug-likeness (QED) is 0.265. The molecule has 2 aromatic carbocycles. The van der Waals surface area contributed by atoms with Gasteiger partial charge in [0.2, 0.25) is 5.91 Å².